The van der Waals surface area contributed by atoms with Gasteiger partial charge < -0.3 is 4.90 Å². The van der Waals surface area contributed by atoms with E-state index in [4.69, 9.17) is 11.6 Å². The van der Waals surface area contributed by atoms with Gasteiger partial charge in [-0.05, 0) is 19.3 Å². The van der Waals surface area contributed by atoms with Gasteiger partial charge in [0.25, 0.3) is 0 Å². The van der Waals surface area contributed by atoms with Crippen molar-refractivity contribution in [2.45, 2.75) is 59.3 Å². The normalized spacial score (nSPS) is 10.7. The third kappa shape index (κ3) is 4.98. The Morgan fingerprint density at radius 2 is 1.63 bits per heavy atom. The molecule has 0 aliphatic carbocycles. The van der Waals surface area contributed by atoms with Gasteiger partial charge in [-0.2, -0.15) is 0 Å². The molecule has 1 heterocycles. The lowest BCUT2D eigenvalue weighted by Crippen LogP contribution is -2.28. The van der Waals surface area contributed by atoms with Gasteiger partial charge >= 0.3 is 0 Å². The molecule has 0 N–H and O–H groups in total. The molecular formula is C15H26ClN3. The van der Waals surface area contributed by atoms with Crippen LogP contribution in [0.5, 0.6) is 0 Å². The molecule has 0 bridgehead atoms. The van der Waals surface area contributed by atoms with Crippen molar-refractivity contribution in [3.63, 3.8) is 0 Å². The summed E-state index contributed by atoms with van der Waals surface area (Å²) in [7, 11) is 0. The molecule has 108 valence electrons. The van der Waals surface area contributed by atoms with E-state index in [-0.39, 0.29) is 0 Å². The summed E-state index contributed by atoms with van der Waals surface area (Å²) < 4.78 is 0. The summed E-state index contributed by atoms with van der Waals surface area (Å²) in [4.78, 5) is 11.0. The van der Waals surface area contributed by atoms with Crippen LogP contribution in [0.15, 0.2) is 6.33 Å². The number of hydrogen-bond donors (Lipinski definition) is 0. The minimum Gasteiger partial charge on any atom is -0.356 e. The fraction of sp³-hybridized carbons (Fsp3) is 0.733. The minimum atomic E-state index is 0.616. The lowest BCUT2D eigenvalue weighted by Gasteiger charge is -2.25. The lowest BCUT2D eigenvalue weighted by atomic mass is 10.1. The summed E-state index contributed by atoms with van der Waals surface area (Å²) in [6, 6.07) is 0. The van der Waals surface area contributed by atoms with Crippen LogP contribution in [-0.4, -0.2) is 23.1 Å². The van der Waals surface area contributed by atoms with Crippen LogP contribution in [0.4, 0.5) is 5.82 Å². The number of hydrogen-bond acceptors (Lipinski definition) is 3. The SMILES string of the molecule is CCCCN(CCCC)c1ncnc(Cl)c1CCC. The van der Waals surface area contributed by atoms with Crippen LogP contribution in [0.25, 0.3) is 0 Å². The number of aromatic nitrogens is 2. The standard InChI is InChI=1S/C15H26ClN3/c1-4-7-10-19(11-8-5-2)15-13(9-6-3)14(16)17-12-18-15/h12H,4-11H2,1-3H3. The molecule has 4 heteroatoms. The molecule has 0 radical (unpaired) electrons. The molecule has 0 atom stereocenters. The third-order valence-electron chi connectivity index (χ3n) is 3.23. The second-order valence-electron chi connectivity index (χ2n) is 4.91. The van der Waals surface area contributed by atoms with E-state index in [0.717, 1.165) is 37.3 Å². The van der Waals surface area contributed by atoms with Crippen LogP contribution < -0.4 is 4.90 Å². The summed E-state index contributed by atoms with van der Waals surface area (Å²) in [5, 5.41) is 0.616. The van der Waals surface area contributed by atoms with Crippen molar-refractivity contribution >= 4 is 17.4 Å². The maximum Gasteiger partial charge on any atom is 0.137 e. The van der Waals surface area contributed by atoms with Gasteiger partial charge in [0.1, 0.15) is 17.3 Å². The highest BCUT2D eigenvalue weighted by atomic mass is 35.5. The number of rotatable bonds is 9. The number of nitrogens with zero attached hydrogens (tertiary/aromatic N) is 3. The first-order valence-corrected chi connectivity index (χ1v) is 7.86. The lowest BCUT2D eigenvalue weighted by molar-refractivity contribution is 0.665. The highest BCUT2D eigenvalue weighted by Crippen LogP contribution is 2.25. The highest BCUT2D eigenvalue weighted by molar-refractivity contribution is 6.30. The van der Waals surface area contributed by atoms with E-state index < -0.39 is 0 Å². The van der Waals surface area contributed by atoms with Gasteiger partial charge in [-0.25, -0.2) is 9.97 Å². The minimum absolute atomic E-state index is 0.616. The molecule has 19 heavy (non-hydrogen) atoms. The van der Waals surface area contributed by atoms with Crippen LogP contribution >= 0.6 is 11.6 Å². The fourth-order valence-corrected chi connectivity index (χ4v) is 2.36. The number of anilines is 1. The zero-order chi connectivity index (χ0) is 14.1. The van der Waals surface area contributed by atoms with Gasteiger partial charge in [-0.3, -0.25) is 0 Å². The van der Waals surface area contributed by atoms with Gasteiger partial charge in [0.05, 0.1) is 0 Å². The quantitative estimate of drug-likeness (QED) is 0.625. The van der Waals surface area contributed by atoms with Crippen molar-refractivity contribution in [2.75, 3.05) is 18.0 Å². The first-order valence-electron chi connectivity index (χ1n) is 7.48. The maximum atomic E-state index is 6.24. The van der Waals surface area contributed by atoms with E-state index in [1.807, 2.05) is 0 Å². The zero-order valence-electron chi connectivity index (χ0n) is 12.5. The molecule has 1 rings (SSSR count). The number of halogens is 1. The molecule has 0 spiro atoms. The van der Waals surface area contributed by atoms with E-state index in [0.29, 0.717) is 5.15 Å². The number of unbranched alkanes of at least 4 members (excludes halogenated alkanes) is 2. The average Bonchev–Trinajstić information content (AvgIpc) is 2.42. The molecule has 0 aliphatic heterocycles. The summed E-state index contributed by atoms with van der Waals surface area (Å²) in [5.74, 6) is 1.05. The topological polar surface area (TPSA) is 29.0 Å². The smallest absolute Gasteiger partial charge is 0.137 e. The molecule has 0 amide bonds. The van der Waals surface area contributed by atoms with Crippen LogP contribution in [0.3, 0.4) is 0 Å². The summed E-state index contributed by atoms with van der Waals surface area (Å²) in [6.45, 7) is 8.71. The molecular weight excluding hydrogens is 258 g/mol. The molecule has 0 saturated heterocycles. The van der Waals surface area contributed by atoms with Crippen LogP contribution in [-0.2, 0) is 6.42 Å². The van der Waals surface area contributed by atoms with Crippen LogP contribution in [0.2, 0.25) is 5.15 Å². The van der Waals surface area contributed by atoms with E-state index in [9.17, 15) is 0 Å². The third-order valence-corrected chi connectivity index (χ3v) is 3.56. The van der Waals surface area contributed by atoms with Gasteiger partial charge in [0.15, 0.2) is 0 Å². The highest BCUT2D eigenvalue weighted by Gasteiger charge is 2.15. The van der Waals surface area contributed by atoms with Crippen molar-refractivity contribution in [3.05, 3.63) is 17.0 Å². The summed E-state index contributed by atoms with van der Waals surface area (Å²) in [5.41, 5.74) is 1.11. The zero-order valence-corrected chi connectivity index (χ0v) is 13.2. The molecule has 0 aliphatic rings. The maximum absolute atomic E-state index is 6.24. The van der Waals surface area contributed by atoms with Gasteiger partial charge in [-0.1, -0.05) is 51.6 Å². The van der Waals surface area contributed by atoms with Crippen molar-refractivity contribution < 1.29 is 0 Å². The van der Waals surface area contributed by atoms with Crippen LogP contribution in [0.1, 0.15) is 58.4 Å². The monoisotopic (exact) mass is 283 g/mol. The molecule has 1 aromatic heterocycles. The van der Waals surface area contributed by atoms with E-state index in [2.05, 4.69) is 35.6 Å². The predicted molar refractivity (Wildman–Crippen MR) is 83.1 cm³/mol. The van der Waals surface area contributed by atoms with Crippen molar-refractivity contribution in [2.24, 2.45) is 0 Å². The molecule has 0 unspecified atom stereocenters. The first kappa shape index (κ1) is 16.2. The van der Waals surface area contributed by atoms with Gasteiger partial charge in [-0.15, -0.1) is 0 Å². The van der Waals surface area contributed by atoms with Crippen molar-refractivity contribution in [1.29, 1.82) is 0 Å². The van der Waals surface area contributed by atoms with Crippen LogP contribution in [0, 0.1) is 0 Å². The van der Waals surface area contributed by atoms with Gasteiger partial charge in [0, 0.05) is 18.7 Å². The Labute approximate surface area is 122 Å². The van der Waals surface area contributed by atoms with Crippen molar-refractivity contribution in [3.8, 4) is 0 Å². The second-order valence-corrected chi connectivity index (χ2v) is 5.27. The first-order chi connectivity index (χ1) is 9.24. The second kappa shape index (κ2) is 9.13. The molecule has 0 saturated carbocycles. The largest absolute Gasteiger partial charge is 0.356 e. The molecule has 0 aromatic carbocycles. The Kier molecular flexibility index (Phi) is 7.80. The average molecular weight is 284 g/mol. The Morgan fingerprint density at radius 1 is 1.00 bits per heavy atom. The Morgan fingerprint density at radius 3 is 2.16 bits per heavy atom. The van der Waals surface area contributed by atoms with Gasteiger partial charge in [0.2, 0.25) is 0 Å². The molecule has 3 nitrogen and oxygen atoms in total. The van der Waals surface area contributed by atoms with E-state index in [1.165, 1.54) is 25.7 Å². The Bertz CT molecular complexity index is 360. The summed E-state index contributed by atoms with van der Waals surface area (Å²) in [6.07, 6.45) is 8.38. The summed E-state index contributed by atoms with van der Waals surface area (Å²) >= 11 is 6.24. The Hall–Kier alpha value is -0.830. The Balaban J connectivity index is 2.95. The molecule has 0 fully saturated rings. The molecule has 1 aromatic rings. The predicted octanol–water partition coefficient (Wildman–Crippen LogP) is 4.49. The van der Waals surface area contributed by atoms with E-state index in [1.54, 1.807) is 6.33 Å². The van der Waals surface area contributed by atoms with E-state index >= 15 is 0 Å². The van der Waals surface area contributed by atoms with Crippen molar-refractivity contribution in [1.82, 2.24) is 9.97 Å². The fourth-order valence-electron chi connectivity index (χ4n) is 2.14.